The zero-order chi connectivity index (χ0) is 24.2. The number of hydrogen-bond donors (Lipinski definition) is 0. The van der Waals surface area contributed by atoms with Crippen molar-refractivity contribution in [1.29, 1.82) is 0 Å². The maximum absolute atomic E-state index is 13.5. The highest BCUT2D eigenvalue weighted by molar-refractivity contribution is 7.92. The second kappa shape index (κ2) is 10.3. The van der Waals surface area contributed by atoms with E-state index in [4.69, 9.17) is 16.1 Å². The predicted molar refractivity (Wildman–Crippen MR) is 119 cm³/mol. The van der Waals surface area contributed by atoms with Gasteiger partial charge in [-0.2, -0.15) is 4.98 Å². The summed E-state index contributed by atoms with van der Waals surface area (Å²) in [5.74, 6) is -1.92. The maximum atomic E-state index is 13.5. The third kappa shape index (κ3) is 6.48. The normalized spacial score (nSPS) is 11.4. The summed E-state index contributed by atoms with van der Waals surface area (Å²) in [6, 6.07) is 9.70. The molecule has 1 aromatic heterocycles. The van der Waals surface area contributed by atoms with E-state index in [1.54, 1.807) is 31.3 Å². The first-order chi connectivity index (χ1) is 15.5. The number of amides is 1. The summed E-state index contributed by atoms with van der Waals surface area (Å²) in [7, 11) is -2.21. The molecular formula is C21H21ClF2N4O4S. The van der Waals surface area contributed by atoms with Gasteiger partial charge in [-0.1, -0.05) is 16.8 Å². The molecule has 0 fully saturated rings. The first-order valence-electron chi connectivity index (χ1n) is 9.80. The lowest BCUT2D eigenvalue weighted by Crippen LogP contribution is -2.32. The number of benzene rings is 2. The van der Waals surface area contributed by atoms with Crippen LogP contribution in [0.15, 0.2) is 47.0 Å². The average molecular weight is 499 g/mol. The molecule has 0 radical (unpaired) electrons. The summed E-state index contributed by atoms with van der Waals surface area (Å²) in [6.07, 6.45) is 1.13. The average Bonchev–Trinajstić information content (AvgIpc) is 3.21. The van der Waals surface area contributed by atoms with Gasteiger partial charge in [-0.05, 0) is 42.8 Å². The number of aromatic nitrogens is 2. The fraction of sp³-hybridized carbons (Fsp3) is 0.286. The minimum absolute atomic E-state index is 0.0159. The van der Waals surface area contributed by atoms with Crippen LogP contribution in [-0.2, 0) is 21.4 Å². The molecule has 0 aliphatic rings. The Hall–Kier alpha value is -3.05. The van der Waals surface area contributed by atoms with Crippen molar-refractivity contribution < 1.29 is 26.5 Å². The van der Waals surface area contributed by atoms with Gasteiger partial charge in [0.25, 0.3) is 0 Å². The van der Waals surface area contributed by atoms with Gasteiger partial charge in [-0.15, -0.1) is 0 Å². The maximum Gasteiger partial charge on any atom is 0.246 e. The van der Waals surface area contributed by atoms with E-state index in [9.17, 15) is 22.0 Å². The molecular weight excluding hydrogens is 478 g/mol. The van der Waals surface area contributed by atoms with Gasteiger partial charge in [0.2, 0.25) is 27.6 Å². The first kappa shape index (κ1) is 24.6. The Morgan fingerprint density at radius 2 is 1.82 bits per heavy atom. The lowest BCUT2D eigenvalue weighted by Gasteiger charge is -2.23. The van der Waals surface area contributed by atoms with Crippen molar-refractivity contribution in [2.24, 2.45) is 0 Å². The van der Waals surface area contributed by atoms with Crippen molar-refractivity contribution in [2.45, 2.75) is 19.4 Å². The van der Waals surface area contributed by atoms with Gasteiger partial charge in [-0.3, -0.25) is 9.10 Å². The summed E-state index contributed by atoms with van der Waals surface area (Å²) >= 11 is 5.87. The van der Waals surface area contributed by atoms with E-state index in [1.165, 1.54) is 11.0 Å². The van der Waals surface area contributed by atoms with Gasteiger partial charge in [0.1, 0.15) is 0 Å². The van der Waals surface area contributed by atoms with Gasteiger partial charge in [0, 0.05) is 36.7 Å². The molecule has 2 aromatic carbocycles. The number of rotatable bonds is 9. The van der Waals surface area contributed by atoms with Crippen molar-refractivity contribution in [3.63, 3.8) is 0 Å². The smallest absolute Gasteiger partial charge is 0.246 e. The van der Waals surface area contributed by atoms with Crippen molar-refractivity contribution in [3.8, 4) is 11.4 Å². The SMILES string of the molecule is CN(Cc1nc(-c2ccc(Cl)cc2)no1)C(=O)CCCN(c1ccc(F)c(F)c1)S(C)(=O)=O. The second-order valence-corrected chi connectivity index (χ2v) is 9.65. The summed E-state index contributed by atoms with van der Waals surface area (Å²) in [5.41, 5.74) is 0.694. The number of halogens is 3. The number of hydrogen-bond acceptors (Lipinski definition) is 6. The Kier molecular flexibility index (Phi) is 7.65. The molecule has 0 N–H and O–H groups in total. The zero-order valence-electron chi connectivity index (χ0n) is 17.8. The van der Waals surface area contributed by atoms with Crippen LogP contribution in [0.3, 0.4) is 0 Å². The topological polar surface area (TPSA) is 96.6 Å². The molecule has 1 heterocycles. The van der Waals surface area contributed by atoms with Crippen LogP contribution in [-0.4, -0.2) is 49.2 Å². The van der Waals surface area contributed by atoms with Gasteiger partial charge < -0.3 is 9.42 Å². The van der Waals surface area contributed by atoms with Gasteiger partial charge in [0.15, 0.2) is 11.6 Å². The molecule has 3 rings (SSSR count). The summed E-state index contributed by atoms with van der Waals surface area (Å²) in [6.45, 7) is -0.0108. The molecule has 176 valence electrons. The number of carbonyl (C=O) groups is 1. The standard InChI is InChI=1S/C21H21ClF2N4O4S/c1-27(13-19-25-21(26-32-19)14-5-7-15(22)8-6-14)20(29)4-3-11-28(33(2,30)31)16-9-10-17(23)18(24)12-16/h5-10,12H,3-4,11,13H2,1-2H3. The fourth-order valence-electron chi connectivity index (χ4n) is 3.02. The molecule has 0 saturated heterocycles. The molecule has 12 heteroatoms. The van der Waals surface area contributed by atoms with Gasteiger partial charge in [0.05, 0.1) is 18.5 Å². The number of sulfonamides is 1. The number of nitrogens with zero attached hydrogens (tertiary/aromatic N) is 4. The molecule has 0 spiro atoms. The number of carbonyl (C=O) groups excluding carboxylic acids is 1. The molecule has 0 unspecified atom stereocenters. The fourth-order valence-corrected chi connectivity index (χ4v) is 4.10. The van der Waals surface area contributed by atoms with E-state index in [0.717, 1.165) is 22.7 Å². The van der Waals surface area contributed by atoms with Crippen LogP contribution in [0.2, 0.25) is 5.02 Å². The molecule has 8 nitrogen and oxygen atoms in total. The minimum atomic E-state index is -3.76. The molecule has 0 atom stereocenters. The molecule has 0 aliphatic heterocycles. The van der Waals surface area contributed by atoms with Crippen molar-refractivity contribution in [3.05, 3.63) is 65.0 Å². The molecule has 0 bridgehead atoms. The molecule has 3 aromatic rings. The van der Waals surface area contributed by atoms with E-state index < -0.39 is 21.7 Å². The Labute approximate surface area is 194 Å². The highest BCUT2D eigenvalue weighted by Crippen LogP contribution is 2.22. The van der Waals surface area contributed by atoms with E-state index in [-0.39, 0.29) is 43.4 Å². The highest BCUT2D eigenvalue weighted by Gasteiger charge is 2.20. The van der Waals surface area contributed by atoms with Crippen LogP contribution in [0, 0.1) is 11.6 Å². The zero-order valence-corrected chi connectivity index (χ0v) is 19.4. The molecule has 0 saturated carbocycles. The number of anilines is 1. The van der Waals surface area contributed by atoms with E-state index in [0.29, 0.717) is 16.4 Å². The monoisotopic (exact) mass is 498 g/mol. The largest absolute Gasteiger partial charge is 0.337 e. The van der Waals surface area contributed by atoms with Crippen LogP contribution >= 0.6 is 11.6 Å². The lowest BCUT2D eigenvalue weighted by atomic mass is 10.2. The Morgan fingerprint density at radius 1 is 1.12 bits per heavy atom. The molecule has 0 aliphatic carbocycles. The Morgan fingerprint density at radius 3 is 2.45 bits per heavy atom. The quantitative estimate of drug-likeness (QED) is 0.444. The van der Waals surface area contributed by atoms with Crippen LogP contribution in [0.1, 0.15) is 18.7 Å². The van der Waals surface area contributed by atoms with Crippen molar-refractivity contribution in [1.82, 2.24) is 15.0 Å². The summed E-state index contributed by atoms with van der Waals surface area (Å²) in [5, 5.41) is 4.47. The predicted octanol–water partition coefficient (Wildman–Crippen LogP) is 3.87. The van der Waals surface area contributed by atoms with Crippen LogP contribution in [0.5, 0.6) is 0 Å². The third-order valence-electron chi connectivity index (χ3n) is 4.71. The third-order valence-corrected chi connectivity index (χ3v) is 6.16. The lowest BCUT2D eigenvalue weighted by molar-refractivity contribution is -0.130. The van der Waals surface area contributed by atoms with Crippen molar-refractivity contribution in [2.75, 3.05) is 24.2 Å². The molecule has 33 heavy (non-hydrogen) atoms. The van der Waals surface area contributed by atoms with Crippen LogP contribution in [0.25, 0.3) is 11.4 Å². The Bertz CT molecular complexity index is 1240. The van der Waals surface area contributed by atoms with Gasteiger partial charge in [-0.25, -0.2) is 17.2 Å². The first-order valence-corrected chi connectivity index (χ1v) is 12.0. The molecule has 1 amide bonds. The van der Waals surface area contributed by atoms with Crippen LogP contribution < -0.4 is 4.31 Å². The van der Waals surface area contributed by atoms with E-state index >= 15 is 0 Å². The van der Waals surface area contributed by atoms with Gasteiger partial charge >= 0.3 is 0 Å². The summed E-state index contributed by atoms with van der Waals surface area (Å²) < 4.78 is 57.0. The van der Waals surface area contributed by atoms with E-state index in [2.05, 4.69) is 10.1 Å². The van der Waals surface area contributed by atoms with E-state index in [1.807, 2.05) is 0 Å². The minimum Gasteiger partial charge on any atom is -0.337 e. The second-order valence-electron chi connectivity index (χ2n) is 7.31. The van der Waals surface area contributed by atoms with Crippen LogP contribution in [0.4, 0.5) is 14.5 Å². The summed E-state index contributed by atoms with van der Waals surface area (Å²) in [4.78, 5) is 18.1. The highest BCUT2D eigenvalue weighted by atomic mass is 35.5. The Balaban J connectivity index is 1.57. The van der Waals surface area contributed by atoms with Crippen molar-refractivity contribution >= 4 is 33.2 Å².